The first kappa shape index (κ1) is 13.5. The van der Waals surface area contributed by atoms with Gasteiger partial charge < -0.3 is 9.84 Å². The Labute approximate surface area is 123 Å². The number of phenolic OH excluding ortho intramolecular Hbond substituents is 1. The van der Waals surface area contributed by atoms with E-state index < -0.39 is 0 Å². The Bertz CT molecular complexity index is 561. The van der Waals surface area contributed by atoms with Crippen LogP contribution in [0.5, 0.6) is 5.75 Å². The fourth-order valence-electron chi connectivity index (χ4n) is 1.43. The van der Waals surface area contributed by atoms with E-state index >= 15 is 0 Å². The molecule has 4 nitrogen and oxygen atoms in total. The number of aromatic hydroxyl groups is 1. The van der Waals surface area contributed by atoms with Crippen molar-refractivity contribution in [3.63, 3.8) is 0 Å². The second kappa shape index (κ2) is 5.81. The molecular formula is C12H10ClIN2O2. The van der Waals surface area contributed by atoms with E-state index in [2.05, 4.69) is 32.6 Å². The average molecular weight is 377 g/mol. The lowest BCUT2D eigenvalue weighted by Gasteiger charge is -2.07. The zero-order valence-electron chi connectivity index (χ0n) is 9.52. The molecule has 0 saturated carbocycles. The first-order valence-corrected chi connectivity index (χ1v) is 6.57. The topological polar surface area (TPSA) is 55.2 Å². The molecule has 0 aliphatic rings. The zero-order chi connectivity index (χ0) is 13.1. The number of halogens is 2. The minimum Gasteiger partial charge on any atom is -0.508 e. The van der Waals surface area contributed by atoms with Crippen molar-refractivity contribution < 1.29 is 9.84 Å². The van der Waals surface area contributed by atoms with Gasteiger partial charge in [-0.25, -0.2) is 9.97 Å². The lowest BCUT2D eigenvalue weighted by Crippen LogP contribution is -2.01. The fourth-order valence-corrected chi connectivity index (χ4v) is 2.02. The number of benzene rings is 1. The van der Waals surface area contributed by atoms with Crippen molar-refractivity contribution in [1.82, 2.24) is 9.97 Å². The Morgan fingerprint density at radius 2 is 1.94 bits per heavy atom. The zero-order valence-corrected chi connectivity index (χ0v) is 12.4. The van der Waals surface area contributed by atoms with Crippen molar-refractivity contribution in [1.29, 1.82) is 0 Å². The van der Waals surface area contributed by atoms with Gasteiger partial charge in [-0.05, 0) is 46.9 Å². The number of phenols is 1. The van der Waals surface area contributed by atoms with Crippen molar-refractivity contribution >= 4 is 34.2 Å². The molecular weight excluding hydrogens is 367 g/mol. The summed E-state index contributed by atoms with van der Waals surface area (Å²) in [7, 11) is 1.60. The van der Waals surface area contributed by atoms with Gasteiger partial charge in [0.15, 0.2) is 5.82 Å². The van der Waals surface area contributed by atoms with Crippen LogP contribution in [0.2, 0.25) is 5.15 Å². The third-order valence-electron chi connectivity index (χ3n) is 2.29. The summed E-state index contributed by atoms with van der Waals surface area (Å²) in [5.74, 6) is 0.722. The molecule has 0 aliphatic heterocycles. The van der Waals surface area contributed by atoms with Crippen LogP contribution >= 0.6 is 34.2 Å². The van der Waals surface area contributed by atoms with Gasteiger partial charge in [0.05, 0.1) is 15.9 Å². The quantitative estimate of drug-likeness (QED) is 0.660. The molecule has 0 spiro atoms. The normalized spacial score (nSPS) is 10.6. The number of rotatable bonds is 3. The van der Waals surface area contributed by atoms with Crippen molar-refractivity contribution in [3.05, 3.63) is 38.7 Å². The molecule has 0 bridgehead atoms. The SMILES string of the molecule is COCc1nc(-c2ccc(O)cc2)nc(Cl)c1I. The molecule has 0 atom stereocenters. The summed E-state index contributed by atoms with van der Waals surface area (Å²) in [5.41, 5.74) is 1.55. The Hall–Kier alpha value is -0.920. The molecule has 2 aromatic rings. The summed E-state index contributed by atoms with van der Waals surface area (Å²) in [6, 6.07) is 6.65. The summed E-state index contributed by atoms with van der Waals surface area (Å²) < 4.78 is 5.87. The molecule has 6 heteroatoms. The monoisotopic (exact) mass is 376 g/mol. The molecule has 0 fully saturated rings. The van der Waals surface area contributed by atoms with Gasteiger partial charge >= 0.3 is 0 Å². The van der Waals surface area contributed by atoms with Crippen LogP contribution in [0.1, 0.15) is 5.69 Å². The van der Waals surface area contributed by atoms with E-state index in [4.69, 9.17) is 16.3 Å². The maximum atomic E-state index is 9.25. The summed E-state index contributed by atoms with van der Waals surface area (Å²) in [6.07, 6.45) is 0. The van der Waals surface area contributed by atoms with Gasteiger partial charge in [0.2, 0.25) is 0 Å². The van der Waals surface area contributed by atoms with E-state index in [0.717, 1.165) is 14.8 Å². The van der Waals surface area contributed by atoms with Crippen molar-refractivity contribution in [2.75, 3.05) is 7.11 Å². The van der Waals surface area contributed by atoms with Crippen LogP contribution in [0.25, 0.3) is 11.4 Å². The van der Waals surface area contributed by atoms with Crippen LogP contribution in [0.15, 0.2) is 24.3 Å². The Morgan fingerprint density at radius 3 is 2.56 bits per heavy atom. The van der Waals surface area contributed by atoms with Gasteiger partial charge in [0.1, 0.15) is 10.9 Å². The van der Waals surface area contributed by atoms with Gasteiger partial charge in [-0.15, -0.1) is 0 Å². The maximum absolute atomic E-state index is 9.25. The van der Waals surface area contributed by atoms with Gasteiger partial charge in [-0.3, -0.25) is 0 Å². The molecule has 2 rings (SSSR count). The fraction of sp³-hybridized carbons (Fsp3) is 0.167. The third kappa shape index (κ3) is 2.90. The number of hydrogen-bond acceptors (Lipinski definition) is 4. The maximum Gasteiger partial charge on any atom is 0.161 e. The van der Waals surface area contributed by atoms with Crippen LogP contribution in [0.3, 0.4) is 0 Å². The summed E-state index contributed by atoms with van der Waals surface area (Å²) in [4.78, 5) is 8.64. The van der Waals surface area contributed by atoms with Gasteiger partial charge in [-0.1, -0.05) is 11.6 Å². The molecule has 1 aromatic heterocycles. The number of ether oxygens (including phenoxy) is 1. The summed E-state index contributed by atoms with van der Waals surface area (Å²) >= 11 is 8.17. The predicted molar refractivity (Wildman–Crippen MR) is 77.6 cm³/mol. The molecule has 18 heavy (non-hydrogen) atoms. The minimum absolute atomic E-state index is 0.201. The number of methoxy groups -OCH3 is 1. The van der Waals surface area contributed by atoms with E-state index in [1.807, 2.05) is 0 Å². The first-order chi connectivity index (χ1) is 8.61. The highest BCUT2D eigenvalue weighted by Crippen LogP contribution is 2.25. The highest BCUT2D eigenvalue weighted by molar-refractivity contribution is 14.1. The Morgan fingerprint density at radius 1 is 1.28 bits per heavy atom. The average Bonchev–Trinajstić information content (AvgIpc) is 2.36. The largest absolute Gasteiger partial charge is 0.508 e. The lowest BCUT2D eigenvalue weighted by atomic mass is 10.2. The summed E-state index contributed by atoms with van der Waals surface area (Å²) in [6.45, 7) is 0.381. The molecule has 0 saturated heterocycles. The van der Waals surface area contributed by atoms with Gasteiger partial charge in [-0.2, -0.15) is 0 Å². The van der Waals surface area contributed by atoms with Gasteiger partial charge in [0.25, 0.3) is 0 Å². The van der Waals surface area contributed by atoms with Crippen LogP contribution in [0, 0.1) is 3.57 Å². The highest BCUT2D eigenvalue weighted by Gasteiger charge is 2.11. The third-order valence-corrected chi connectivity index (χ3v) is 4.01. The van der Waals surface area contributed by atoms with Crippen LogP contribution < -0.4 is 0 Å². The lowest BCUT2D eigenvalue weighted by molar-refractivity contribution is 0.181. The molecule has 94 valence electrons. The molecule has 1 N–H and O–H groups in total. The number of nitrogens with zero attached hydrogens (tertiary/aromatic N) is 2. The second-order valence-electron chi connectivity index (χ2n) is 3.58. The van der Waals surface area contributed by atoms with Gasteiger partial charge in [0, 0.05) is 12.7 Å². The molecule has 0 unspecified atom stereocenters. The molecule has 0 amide bonds. The molecule has 1 heterocycles. The standard InChI is InChI=1S/C12H10ClIN2O2/c1-18-6-9-10(14)11(13)16-12(15-9)7-2-4-8(17)5-3-7/h2-5,17H,6H2,1H3. The molecule has 0 radical (unpaired) electrons. The summed E-state index contributed by atoms with van der Waals surface area (Å²) in [5, 5.41) is 9.66. The van der Waals surface area contributed by atoms with E-state index in [-0.39, 0.29) is 5.75 Å². The second-order valence-corrected chi connectivity index (χ2v) is 5.02. The van der Waals surface area contributed by atoms with Crippen molar-refractivity contribution in [2.45, 2.75) is 6.61 Å². The van der Waals surface area contributed by atoms with Crippen LogP contribution in [0.4, 0.5) is 0 Å². The van der Waals surface area contributed by atoms with E-state index in [1.165, 1.54) is 0 Å². The van der Waals surface area contributed by atoms with E-state index in [1.54, 1.807) is 31.4 Å². The van der Waals surface area contributed by atoms with Crippen LogP contribution in [-0.2, 0) is 11.3 Å². The Balaban J connectivity index is 2.48. The molecule has 0 aliphatic carbocycles. The smallest absolute Gasteiger partial charge is 0.161 e. The number of aromatic nitrogens is 2. The predicted octanol–water partition coefficient (Wildman–Crippen LogP) is 3.25. The van der Waals surface area contributed by atoms with Crippen molar-refractivity contribution in [2.24, 2.45) is 0 Å². The van der Waals surface area contributed by atoms with E-state index in [0.29, 0.717) is 17.6 Å². The Kier molecular flexibility index (Phi) is 4.36. The number of hydrogen-bond donors (Lipinski definition) is 1. The highest BCUT2D eigenvalue weighted by atomic mass is 127. The minimum atomic E-state index is 0.201. The van der Waals surface area contributed by atoms with Crippen LogP contribution in [-0.4, -0.2) is 22.2 Å². The van der Waals surface area contributed by atoms with Crippen molar-refractivity contribution in [3.8, 4) is 17.1 Å². The van der Waals surface area contributed by atoms with E-state index in [9.17, 15) is 5.11 Å². The first-order valence-electron chi connectivity index (χ1n) is 5.12. The molecule has 1 aromatic carbocycles.